The Morgan fingerprint density at radius 1 is 1.29 bits per heavy atom. The number of nitrogens with one attached hydrogen (secondary N) is 3. The van der Waals surface area contributed by atoms with Crippen LogP contribution in [0.25, 0.3) is 0 Å². The van der Waals surface area contributed by atoms with Gasteiger partial charge in [-0.05, 0) is 36.5 Å². The van der Waals surface area contributed by atoms with Gasteiger partial charge in [-0.3, -0.25) is 19.2 Å². The fourth-order valence-corrected chi connectivity index (χ4v) is 5.35. The molecule has 6 atom stereocenters. The molecule has 3 aliphatic rings. The number of hydrogen-bond acceptors (Lipinski definition) is 5. The van der Waals surface area contributed by atoms with Gasteiger partial charge in [0.05, 0.1) is 6.07 Å². The Balaban J connectivity index is 1.75. The van der Waals surface area contributed by atoms with Crippen LogP contribution in [0.2, 0.25) is 0 Å². The minimum absolute atomic E-state index is 0.0121. The number of likely N-dealkylation sites (tertiary alicyclic amines) is 1. The lowest BCUT2D eigenvalue weighted by Gasteiger charge is -2.33. The molecule has 3 rings (SSSR count). The highest BCUT2D eigenvalue weighted by molar-refractivity contribution is 5.94. The molecule has 188 valence electrons. The zero-order valence-corrected chi connectivity index (χ0v) is 19.4. The zero-order chi connectivity index (χ0) is 25.4. The third kappa shape index (κ3) is 4.98. The number of carbonyl (C=O) groups excluding carboxylic acids is 4. The largest absolute Gasteiger partial charge is 0.471 e. The van der Waals surface area contributed by atoms with Crippen LogP contribution in [0.4, 0.5) is 13.2 Å². The maximum absolute atomic E-state index is 13.2. The van der Waals surface area contributed by atoms with E-state index in [0.717, 1.165) is 0 Å². The summed E-state index contributed by atoms with van der Waals surface area (Å²) in [5, 5.41) is 16.6. The Kier molecular flexibility index (Phi) is 7.15. The summed E-state index contributed by atoms with van der Waals surface area (Å²) >= 11 is 0. The Morgan fingerprint density at radius 3 is 2.50 bits per heavy atom. The van der Waals surface area contributed by atoms with Crippen molar-refractivity contribution < 1.29 is 32.3 Å². The van der Waals surface area contributed by atoms with E-state index in [0.29, 0.717) is 19.4 Å². The lowest BCUT2D eigenvalue weighted by atomic mass is 9.97. The smallest absolute Gasteiger partial charge is 0.356 e. The van der Waals surface area contributed by atoms with Crippen LogP contribution < -0.4 is 16.0 Å². The minimum atomic E-state index is -5.13. The summed E-state index contributed by atoms with van der Waals surface area (Å²) < 4.78 is 38.3. The summed E-state index contributed by atoms with van der Waals surface area (Å²) in [7, 11) is 0. The van der Waals surface area contributed by atoms with Crippen molar-refractivity contribution in [1.82, 2.24) is 20.9 Å². The highest BCUT2D eigenvalue weighted by Crippen LogP contribution is 2.64. The van der Waals surface area contributed by atoms with E-state index < -0.39 is 47.9 Å². The van der Waals surface area contributed by atoms with Crippen LogP contribution in [-0.4, -0.2) is 65.9 Å². The van der Waals surface area contributed by atoms with E-state index in [2.05, 4.69) is 10.6 Å². The molecule has 1 unspecified atom stereocenters. The molecule has 34 heavy (non-hydrogen) atoms. The molecule has 3 fully saturated rings. The van der Waals surface area contributed by atoms with Crippen LogP contribution in [-0.2, 0) is 19.2 Å². The van der Waals surface area contributed by atoms with E-state index in [9.17, 15) is 37.6 Å². The van der Waals surface area contributed by atoms with Crippen molar-refractivity contribution in [1.29, 1.82) is 5.26 Å². The molecule has 1 saturated carbocycles. The van der Waals surface area contributed by atoms with Crippen molar-refractivity contribution in [3.8, 4) is 6.07 Å². The first-order valence-electron chi connectivity index (χ1n) is 11.5. The van der Waals surface area contributed by atoms with Gasteiger partial charge >= 0.3 is 12.1 Å². The topological polar surface area (TPSA) is 131 Å². The van der Waals surface area contributed by atoms with E-state index in [1.54, 1.807) is 12.2 Å². The number of alkyl halides is 3. The van der Waals surface area contributed by atoms with E-state index in [-0.39, 0.29) is 42.5 Å². The molecule has 12 heteroatoms. The molecular weight excluding hydrogens is 455 g/mol. The van der Waals surface area contributed by atoms with Crippen molar-refractivity contribution in [2.45, 2.75) is 70.8 Å². The molecule has 2 heterocycles. The highest BCUT2D eigenvalue weighted by atomic mass is 19.4. The second-order valence-corrected chi connectivity index (χ2v) is 9.90. The number of nitrogens with zero attached hydrogens (tertiary/aromatic N) is 2. The Morgan fingerprint density at radius 2 is 1.97 bits per heavy atom. The van der Waals surface area contributed by atoms with E-state index in [1.165, 1.54) is 4.90 Å². The molecule has 2 aliphatic heterocycles. The summed E-state index contributed by atoms with van der Waals surface area (Å²) in [6.07, 6.45) is -4.12. The van der Waals surface area contributed by atoms with Crippen LogP contribution in [0.5, 0.6) is 0 Å². The van der Waals surface area contributed by atoms with Crippen molar-refractivity contribution in [3.05, 3.63) is 0 Å². The average molecular weight is 486 g/mol. The predicted molar refractivity (Wildman–Crippen MR) is 112 cm³/mol. The van der Waals surface area contributed by atoms with Gasteiger partial charge in [0, 0.05) is 19.0 Å². The Hall–Kier alpha value is -2.84. The van der Waals surface area contributed by atoms with Gasteiger partial charge in [-0.2, -0.15) is 18.4 Å². The van der Waals surface area contributed by atoms with Gasteiger partial charge in [0.25, 0.3) is 0 Å². The molecule has 9 nitrogen and oxygen atoms in total. The summed E-state index contributed by atoms with van der Waals surface area (Å²) in [5.74, 6) is -4.34. The number of carbonyl (C=O) groups is 4. The van der Waals surface area contributed by atoms with Crippen LogP contribution in [0.1, 0.15) is 46.5 Å². The first-order chi connectivity index (χ1) is 15.8. The maximum atomic E-state index is 13.2. The molecule has 0 bridgehead atoms. The Bertz CT molecular complexity index is 900. The summed E-state index contributed by atoms with van der Waals surface area (Å²) in [4.78, 5) is 51.0. The number of amides is 4. The SMILES string of the molecule is CCCC(NC(=O)C(F)(F)F)C(=O)N1C[C@H]2[C@@H]([C@H]1C(=O)N[C@H](C#N)C[C@@H]1CCNC1=O)C2(C)C. The predicted octanol–water partition coefficient (Wildman–Crippen LogP) is 0.851. The summed E-state index contributed by atoms with van der Waals surface area (Å²) in [6, 6.07) is -1.35. The number of halogens is 3. The number of hydrogen-bond donors (Lipinski definition) is 3. The summed E-state index contributed by atoms with van der Waals surface area (Å²) in [5.41, 5.74) is -0.248. The third-order valence-corrected chi connectivity index (χ3v) is 7.35. The summed E-state index contributed by atoms with van der Waals surface area (Å²) in [6.45, 7) is 6.25. The van der Waals surface area contributed by atoms with Crippen LogP contribution >= 0.6 is 0 Å². The average Bonchev–Trinajstić information content (AvgIpc) is 3.12. The van der Waals surface area contributed by atoms with Gasteiger partial charge in [-0.25, -0.2) is 0 Å². The third-order valence-electron chi connectivity index (χ3n) is 7.35. The fourth-order valence-electron chi connectivity index (χ4n) is 5.35. The van der Waals surface area contributed by atoms with Gasteiger partial charge in [-0.1, -0.05) is 27.2 Å². The van der Waals surface area contributed by atoms with E-state index >= 15 is 0 Å². The standard InChI is InChI=1S/C22H30F3N5O4/c1-4-5-14(29-20(34)22(23,24)25)19(33)30-10-13-15(21(13,2)3)16(30)18(32)28-12(9-26)8-11-6-7-27-17(11)31/h11-16H,4-8,10H2,1-3H3,(H,27,31)(H,28,32)(H,29,34)/t11-,12-,13-,14?,15-,16-/m0/s1. The Labute approximate surface area is 195 Å². The second kappa shape index (κ2) is 9.43. The number of fused-ring (bicyclic) bond motifs is 1. The molecule has 0 aromatic carbocycles. The van der Waals surface area contributed by atoms with Crippen molar-refractivity contribution >= 4 is 23.6 Å². The maximum Gasteiger partial charge on any atom is 0.471 e. The van der Waals surface area contributed by atoms with E-state index in [1.807, 2.05) is 19.9 Å². The zero-order valence-electron chi connectivity index (χ0n) is 19.4. The lowest BCUT2D eigenvalue weighted by molar-refractivity contribution is -0.175. The van der Waals surface area contributed by atoms with Crippen LogP contribution in [0.15, 0.2) is 0 Å². The molecule has 0 spiro atoms. The van der Waals surface area contributed by atoms with Crippen molar-refractivity contribution in [3.63, 3.8) is 0 Å². The van der Waals surface area contributed by atoms with Gasteiger partial charge in [0.1, 0.15) is 18.1 Å². The molecule has 0 aromatic heterocycles. The molecule has 3 N–H and O–H groups in total. The molecular formula is C22H30F3N5O4. The van der Waals surface area contributed by atoms with Crippen molar-refractivity contribution in [2.24, 2.45) is 23.2 Å². The molecule has 0 aromatic rings. The van der Waals surface area contributed by atoms with Crippen molar-refractivity contribution in [2.75, 3.05) is 13.1 Å². The normalized spacial score (nSPS) is 28.9. The molecule has 1 aliphatic carbocycles. The first-order valence-corrected chi connectivity index (χ1v) is 11.5. The number of piperidine rings is 1. The number of rotatable bonds is 8. The number of nitriles is 1. The molecule has 2 saturated heterocycles. The van der Waals surface area contributed by atoms with Gasteiger partial charge in [-0.15, -0.1) is 0 Å². The van der Waals surface area contributed by atoms with Crippen LogP contribution in [0.3, 0.4) is 0 Å². The fraction of sp³-hybridized carbons (Fsp3) is 0.773. The van der Waals surface area contributed by atoms with Gasteiger partial charge in [0.15, 0.2) is 0 Å². The molecule has 4 amide bonds. The van der Waals surface area contributed by atoms with Gasteiger partial charge < -0.3 is 20.9 Å². The first kappa shape index (κ1) is 25.8. The van der Waals surface area contributed by atoms with Gasteiger partial charge in [0.2, 0.25) is 17.7 Å². The molecule has 0 radical (unpaired) electrons. The second-order valence-electron chi connectivity index (χ2n) is 9.90. The van der Waals surface area contributed by atoms with Crippen LogP contribution in [0, 0.1) is 34.5 Å². The highest BCUT2D eigenvalue weighted by Gasteiger charge is 2.69. The van der Waals surface area contributed by atoms with E-state index in [4.69, 9.17) is 0 Å². The lowest BCUT2D eigenvalue weighted by Crippen LogP contribution is -2.57. The quantitative estimate of drug-likeness (QED) is 0.469. The minimum Gasteiger partial charge on any atom is -0.356 e. The monoisotopic (exact) mass is 485 g/mol.